The zero-order chi connectivity index (χ0) is 13.9. The van der Waals surface area contributed by atoms with Crippen molar-refractivity contribution in [2.75, 3.05) is 0 Å². The van der Waals surface area contributed by atoms with Crippen molar-refractivity contribution in [2.45, 2.75) is 13.0 Å². The Morgan fingerprint density at radius 1 is 1.35 bits per heavy atom. The van der Waals surface area contributed by atoms with Crippen LogP contribution in [-0.4, -0.2) is 30.5 Å². The Labute approximate surface area is 114 Å². The second kappa shape index (κ2) is 5.04. The number of carboxylic acids is 1. The highest BCUT2D eigenvalue weighted by Crippen LogP contribution is 2.17. The van der Waals surface area contributed by atoms with Crippen LogP contribution in [0.4, 0.5) is 0 Å². The summed E-state index contributed by atoms with van der Waals surface area (Å²) in [5.41, 5.74) is 1.79. The van der Waals surface area contributed by atoms with Crippen molar-refractivity contribution in [3.8, 4) is 11.3 Å². The third kappa shape index (κ3) is 2.33. The van der Waals surface area contributed by atoms with Crippen molar-refractivity contribution in [1.82, 2.24) is 19.5 Å². The average Bonchev–Trinajstić information content (AvgIpc) is 2.89. The average molecular weight is 270 g/mol. The van der Waals surface area contributed by atoms with Crippen LogP contribution >= 0.6 is 0 Å². The van der Waals surface area contributed by atoms with Crippen LogP contribution in [0.2, 0.25) is 0 Å². The molecule has 0 saturated carbocycles. The number of imidazole rings is 1. The first kappa shape index (κ1) is 12.2. The lowest BCUT2D eigenvalue weighted by atomic mass is 10.2. The molecule has 0 atom stereocenters. The predicted molar refractivity (Wildman–Crippen MR) is 68.7 cm³/mol. The van der Waals surface area contributed by atoms with Crippen molar-refractivity contribution in [3.63, 3.8) is 0 Å². The molecule has 0 radical (unpaired) electrons. The summed E-state index contributed by atoms with van der Waals surface area (Å²) >= 11 is 0. The van der Waals surface area contributed by atoms with Crippen LogP contribution < -0.4 is 4.68 Å². The van der Waals surface area contributed by atoms with Gasteiger partial charge in [0.1, 0.15) is 12.6 Å². The standard InChI is InChI=1S/C13H11N5O2/c19-12(20)3-7-17-6-2-10(8-16-17)11-9-15-13-14-4-1-5-18(11)13/h1-2,4-6,8-9H,3,7H2/p+1. The van der Waals surface area contributed by atoms with Gasteiger partial charge in [-0.2, -0.15) is 0 Å². The number of aliphatic carboxylic acids is 1. The summed E-state index contributed by atoms with van der Waals surface area (Å²) in [6.07, 6.45) is 8.81. The normalized spacial score (nSPS) is 10.8. The number of hydrogen-bond donors (Lipinski definition) is 1. The quantitative estimate of drug-likeness (QED) is 0.700. The van der Waals surface area contributed by atoms with E-state index in [0.717, 1.165) is 11.3 Å². The Morgan fingerprint density at radius 2 is 2.25 bits per heavy atom. The third-order valence-electron chi connectivity index (χ3n) is 2.91. The Balaban J connectivity index is 1.89. The molecular weight excluding hydrogens is 258 g/mol. The van der Waals surface area contributed by atoms with Gasteiger partial charge in [-0.15, -0.1) is 0 Å². The summed E-state index contributed by atoms with van der Waals surface area (Å²) < 4.78 is 3.47. The molecule has 3 rings (SSSR count). The molecule has 0 saturated heterocycles. The maximum absolute atomic E-state index is 10.5. The van der Waals surface area contributed by atoms with Gasteiger partial charge in [0, 0.05) is 24.0 Å². The molecule has 7 heteroatoms. The second-order valence-electron chi connectivity index (χ2n) is 4.26. The van der Waals surface area contributed by atoms with Crippen molar-refractivity contribution < 1.29 is 14.6 Å². The Bertz CT molecular complexity index is 751. The van der Waals surface area contributed by atoms with E-state index >= 15 is 0 Å². The maximum Gasteiger partial charge on any atom is 0.309 e. The Hall–Kier alpha value is -2.83. The van der Waals surface area contributed by atoms with Gasteiger partial charge in [-0.1, -0.05) is 4.68 Å². The first-order chi connectivity index (χ1) is 9.74. The predicted octanol–water partition coefficient (Wildman–Crippen LogP) is 0.553. The number of aryl methyl sites for hydroxylation is 1. The highest BCUT2D eigenvalue weighted by Gasteiger charge is 2.10. The van der Waals surface area contributed by atoms with E-state index in [0.29, 0.717) is 12.3 Å². The summed E-state index contributed by atoms with van der Waals surface area (Å²) in [6.45, 7) is 0.352. The van der Waals surface area contributed by atoms with E-state index in [4.69, 9.17) is 5.11 Å². The van der Waals surface area contributed by atoms with Crippen molar-refractivity contribution in [3.05, 3.63) is 43.1 Å². The molecule has 3 heterocycles. The molecule has 1 N–H and O–H groups in total. The molecular formula is C13H12N5O2+. The summed E-state index contributed by atoms with van der Waals surface area (Å²) in [6, 6.07) is 3.72. The van der Waals surface area contributed by atoms with E-state index in [2.05, 4.69) is 15.1 Å². The Morgan fingerprint density at radius 3 is 3.00 bits per heavy atom. The minimum atomic E-state index is -0.837. The molecule has 0 aliphatic rings. The molecule has 0 aliphatic carbocycles. The van der Waals surface area contributed by atoms with E-state index in [9.17, 15) is 4.79 Å². The van der Waals surface area contributed by atoms with Crippen molar-refractivity contribution in [1.29, 1.82) is 0 Å². The van der Waals surface area contributed by atoms with E-state index in [1.54, 1.807) is 29.5 Å². The highest BCUT2D eigenvalue weighted by atomic mass is 16.4. The molecule has 100 valence electrons. The second-order valence-corrected chi connectivity index (χ2v) is 4.26. The van der Waals surface area contributed by atoms with Gasteiger partial charge in [0.05, 0.1) is 11.9 Å². The molecule has 0 aromatic carbocycles. The molecule has 0 bridgehead atoms. The molecule has 0 spiro atoms. The molecule has 0 unspecified atom stereocenters. The van der Waals surface area contributed by atoms with Crippen LogP contribution in [0.15, 0.2) is 43.1 Å². The first-order valence-corrected chi connectivity index (χ1v) is 6.10. The fourth-order valence-electron chi connectivity index (χ4n) is 1.92. The van der Waals surface area contributed by atoms with Crippen LogP contribution in [0.3, 0.4) is 0 Å². The van der Waals surface area contributed by atoms with E-state index in [-0.39, 0.29) is 6.42 Å². The van der Waals surface area contributed by atoms with E-state index in [1.165, 1.54) is 0 Å². The lowest BCUT2D eigenvalue weighted by Crippen LogP contribution is -2.38. The molecule has 7 nitrogen and oxygen atoms in total. The summed E-state index contributed by atoms with van der Waals surface area (Å²) in [5, 5.41) is 12.8. The third-order valence-corrected chi connectivity index (χ3v) is 2.91. The zero-order valence-electron chi connectivity index (χ0n) is 10.5. The summed E-state index contributed by atoms with van der Waals surface area (Å²) in [7, 11) is 0. The smallest absolute Gasteiger partial charge is 0.309 e. The lowest BCUT2D eigenvalue weighted by molar-refractivity contribution is -0.752. The van der Waals surface area contributed by atoms with Gasteiger partial charge in [0.25, 0.3) is 0 Å². The van der Waals surface area contributed by atoms with Crippen LogP contribution in [0.25, 0.3) is 17.0 Å². The topological polar surface area (TPSA) is 84.3 Å². The number of nitrogens with zero attached hydrogens (tertiary/aromatic N) is 5. The van der Waals surface area contributed by atoms with E-state index < -0.39 is 5.97 Å². The van der Waals surface area contributed by atoms with Crippen LogP contribution in [-0.2, 0) is 11.3 Å². The molecule has 3 aromatic rings. The molecule has 0 aliphatic heterocycles. The van der Waals surface area contributed by atoms with Crippen molar-refractivity contribution in [2.24, 2.45) is 0 Å². The van der Waals surface area contributed by atoms with Gasteiger partial charge in [-0.25, -0.2) is 9.97 Å². The summed E-state index contributed by atoms with van der Waals surface area (Å²) in [5.74, 6) is -0.207. The first-order valence-electron chi connectivity index (χ1n) is 6.10. The minimum absolute atomic E-state index is 0.0521. The number of aromatic nitrogens is 5. The van der Waals surface area contributed by atoms with Gasteiger partial charge in [-0.05, 0) is 11.2 Å². The Kier molecular flexibility index (Phi) is 3.08. The summed E-state index contributed by atoms with van der Waals surface area (Å²) in [4.78, 5) is 18.9. The van der Waals surface area contributed by atoms with Crippen LogP contribution in [0.5, 0.6) is 0 Å². The van der Waals surface area contributed by atoms with Crippen LogP contribution in [0, 0.1) is 0 Å². The molecule has 20 heavy (non-hydrogen) atoms. The van der Waals surface area contributed by atoms with Gasteiger partial charge in [0.2, 0.25) is 5.78 Å². The minimum Gasteiger partial charge on any atom is -0.481 e. The van der Waals surface area contributed by atoms with Gasteiger partial charge in [-0.3, -0.25) is 9.20 Å². The SMILES string of the molecule is O=C(O)CC[n+]1ccc(-c2cnc3ncccn23)cn1. The molecule has 3 aromatic heterocycles. The van der Waals surface area contributed by atoms with Gasteiger partial charge < -0.3 is 5.11 Å². The number of rotatable bonds is 4. The van der Waals surface area contributed by atoms with Gasteiger partial charge >= 0.3 is 5.97 Å². The number of fused-ring (bicyclic) bond motifs is 1. The zero-order valence-corrected chi connectivity index (χ0v) is 10.5. The van der Waals surface area contributed by atoms with Crippen LogP contribution in [0.1, 0.15) is 6.42 Å². The lowest BCUT2D eigenvalue weighted by Gasteiger charge is -1.99. The largest absolute Gasteiger partial charge is 0.481 e. The fourth-order valence-corrected chi connectivity index (χ4v) is 1.92. The number of carbonyl (C=O) groups is 1. The number of hydrogen-bond acceptors (Lipinski definition) is 4. The monoisotopic (exact) mass is 270 g/mol. The van der Waals surface area contributed by atoms with Gasteiger partial charge in [0.15, 0.2) is 12.7 Å². The molecule has 0 amide bonds. The highest BCUT2D eigenvalue weighted by molar-refractivity contribution is 5.66. The maximum atomic E-state index is 10.5. The number of carboxylic acid groups (broad SMARTS) is 1. The fraction of sp³-hybridized carbons (Fsp3) is 0.154. The van der Waals surface area contributed by atoms with E-state index in [1.807, 2.05) is 22.7 Å². The van der Waals surface area contributed by atoms with Crippen molar-refractivity contribution >= 4 is 11.7 Å². The molecule has 0 fully saturated rings.